The van der Waals surface area contributed by atoms with Gasteiger partial charge < -0.3 is 5.11 Å². The van der Waals surface area contributed by atoms with E-state index in [1.165, 1.54) is 0 Å². The van der Waals surface area contributed by atoms with Crippen LogP contribution >= 0.6 is 0 Å². The monoisotopic (exact) mass is 240 g/mol. The molecule has 0 aliphatic carbocycles. The van der Waals surface area contributed by atoms with Crippen LogP contribution in [0.4, 0.5) is 0 Å². The van der Waals surface area contributed by atoms with Crippen LogP contribution in [0, 0.1) is 5.92 Å². The number of rotatable bonds is 1. The number of sulfone groups is 1. The maximum absolute atomic E-state index is 11.9. The minimum atomic E-state index is -3.21. The van der Waals surface area contributed by atoms with Crippen LogP contribution in [0.3, 0.4) is 0 Å². The number of fused-ring (bicyclic) bond motifs is 1. The van der Waals surface area contributed by atoms with Gasteiger partial charge in [0.25, 0.3) is 0 Å². The molecular formula is C12H16O3S. The van der Waals surface area contributed by atoms with Crippen molar-refractivity contribution in [2.45, 2.75) is 30.8 Å². The van der Waals surface area contributed by atoms with E-state index in [0.29, 0.717) is 5.56 Å². The average Bonchev–Trinajstić information content (AvgIpc) is 2.24. The fourth-order valence-electron chi connectivity index (χ4n) is 2.23. The second kappa shape index (κ2) is 3.57. The van der Waals surface area contributed by atoms with E-state index in [2.05, 4.69) is 0 Å². The minimum absolute atomic E-state index is 0.00384. The van der Waals surface area contributed by atoms with E-state index in [9.17, 15) is 13.5 Å². The summed E-state index contributed by atoms with van der Waals surface area (Å²) in [5.74, 6) is 0.0303. The maximum atomic E-state index is 11.9. The van der Waals surface area contributed by atoms with Gasteiger partial charge >= 0.3 is 0 Å². The molecule has 0 bridgehead atoms. The summed E-state index contributed by atoms with van der Waals surface area (Å²) in [6.07, 6.45) is 0.282. The summed E-state index contributed by atoms with van der Waals surface area (Å²) >= 11 is 0. The van der Waals surface area contributed by atoms with Gasteiger partial charge in [-0.3, -0.25) is 0 Å². The molecule has 1 N–H and O–H groups in total. The maximum Gasteiger partial charge on any atom is 0.178 e. The van der Waals surface area contributed by atoms with Crippen LogP contribution in [0.5, 0.6) is 0 Å². The molecule has 0 spiro atoms. The van der Waals surface area contributed by atoms with Gasteiger partial charge in [-0.05, 0) is 18.4 Å². The lowest BCUT2D eigenvalue weighted by molar-refractivity contribution is -0.0179. The van der Waals surface area contributed by atoms with Crippen LogP contribution in [-0.2, 0) is 15.4 Å². The molecule has 0 saturated carbocycles. The molecule has 1 unspecified atom stereocenters. The van der Waals surface area contributed by atoms with E-state index in [-0.39, 0.29) is 23.0 Å². The molecule has 1 aromatic carbocycles. The smallest absolute Gasteiger partial charge is 0.178 e. The number of benzene rings is 1. The molecule has 4 heteroatoms. The van der Waals surface area contributed by atoms with Crippen molar-refractivity contribution in [1.29, 1.82) is 0 Å². The van der Waals surface area contributed by atoms with Gasteiger partial charge in [0.1, 0.15) is 0 Å². The Balaban J connectivity index is 2.70. The lowest BCUT2D eigenvalue weighted by atomic mass is 9.81. The summed E-state index contributed by atoms with van der Waals surface area (Å²) in [6.45, 7) is 3.82. The fraction of sp³-hybridized carbons (Fsp3) is 0.500. The molecule has 16 heavy (non-hydrogen) atoms. The predicted molar refractivity (Wildman–Crippen MR) is 61.8 cm³/mol. The van der Waals surface area contributed by atoms with Crippen molar-refractivity contribution in [3.8, 4) is 0 Å². The molecule has 0 fully saturated rings. The largest absolute Gasteiger partial charge is 0.385 e. The third-order valence-corrected chi connectivity index (χ3v) is 5.16. The normalized spacial score (nSPS) is 27.8. The van der Waals surface area contributed by atoms with Crippen LogP contribution < -0.4 is 0 Å². The zero-order chi connectivity index (χ0) is 12.0. The Morgan fingerprint density at radius 1 is 1.31 bits per heavy atom. The Labute approximate surface area is 96.0 Å². The summed E-state index contributed by atoms with van der Waals surface area (Å²) in [6, 6.07) is 6.76. The van der Waals surface area contributed by atoms with Gasteiger partial charge in [-0.2, -0.15) is 0 Å². The topological polar surface area (TPSA) is 54.4 Å². The summed E-state index contributed by atoms with van der Waals surface area (Å²) in [5, 5.41) is 10.6. The number of aliphatic hydroxyl groups is 1. The van der Waals surface area contributed by atoms with Crippen LogP contribution in [-0.4, -0.2) is 19.3 Å². The first kappa shape index (κ1) is 11.6. The van der Waals surface area contributed by atoms with E-state index in [1.54, 1.807) is 24.3 Å². The molecular weight excluding hydrogens is 224 g/mol. The van der Waals surface area contributed by atoms with E-state index in [4.69, 9.17) is 0 Å². The van der Waals surface area contributed by atoms with Crippen LogP contribution in [0.25, 0.3) is 0 Å². The lowest BCUT2D eigenvalue weighted by Gasteiger charge is -2.37. The first-order chi connectivity index (χ1) is 7.38. The van der Waals surface area contributed by atoms with Crippen molar-refractivity contribution < 1.29 is 13.5 Å². The highest BCUT2D eigenvalue weighted by Crippen LogP contribution is 2.41. The molecule has 1 aliphatic heterocycles. The Morgan fingerprint density at radius 2 is 1.94 bits per heavy atom. The third kappa shape index (κ3) is 1.57. The molecule has 0 saturated heterocycles. The molecule has 3 nitrogen and oxygen atoms in total. The Kier molecular flexibility index (Phi) is 2.59. The van der Waals surface area contributed by atoms with Crippen molar-refractivity contribution in [1.82, 2.24) is 0 Å². The van der Waals surface area contributed by atoms with Gasteiger partial charge in [0, 0.05) is 5.56 Å². The summed E-state index contributed by atoms with van der Waals surface area (Å²) in [7, 11) is -3.21. The first-order valence-corrected chi connectivity index (χ1v) is 7.08. The second-order valence-corrected chi connectivity index (χ2v) is 6.72. The fourth-order valence-corrected chi connectivity index (χ4v) is 3.90. The van der Waals surface area contributed by atoms with E-state index in [0.717, 1.165) is 0 Å². The van der Waals surface area contributed by atoms with Gasteiger partial charge in [-0.25, -0.2) is 8.42 Å². The first-order valence-electron chi connectivity index (χ1n) is 5.42. The number of hydrogen-bond acceptors (Lipinski definition) is 3. The molecule has 1 heterocycles. The van der Waals surface area contributed by atoms with Crippen LogP contribution in [0.1, 0.15) is 25.8 Å². The molecule has 1 atom stereocenters. The highest BCUT2D eigenvalue weighted by Gasteiger charge is 2.42. The molecule has 0 aromatic heterocycles. The highest BCUT2D eigenvalue weighted by atomic mass is 32.2. The van der Waals surface area contributed by atoms with E-state index >= 15 is 0 Å². The molecule has 0 radical (unpaired) electrons. The lowest BCUT2D eigenvalue weighted by Crippen LogP contribution is -2.39. The Hall–Kier alpha value is -0.870. The average molecular weight is 240 g/mol. The highest BCUT2D eigenvalue weighted by molar-refractivity contribution is 7.91. The number of hydrogen-bond donors (Lipinski definition) is 1. The van der Waals surface area contributed by atoms with Gasteiger partial charge in [-0.1, -0.05) is 32.0 Å². The second-order valence-electron chi connectivity index (χ2n) is 4.64. The van der Waals surface area contributed by atoms with Crippen molar-refractivity contribution in [3.63, 3.8) is 0 Å². The molecule has 1 aliphatic rings. The zero-order valence-corrected chi connectivity index (χ0v) is 10.3. The zero-order valence-electron chi connectivity index (χ0n) is 9.47. The van der Waals surface area contributed by atoms with Crippen LogP contribution in [0.2, 0.25) is 0 Å². The van der Waals surface area contributed by atoms with Crippen molar-refractivity contribution in [2.75, 3.05) is 5.75 Å². The van der Waals surface area contributed by atoms with E-state index in [1.807, 2.05) is 13.8 Å². The summed E-state index contributed by atoms with van der Waals surface area (Å²) in [4.78, 5) is 0.289. The van der Waals surface area contributed by atoms with Gasteiger partial charge in [0.15, 0.2) is 9.84 Å². The van der Waals surface area contributed by atoms with Crippen molar-refractivity contribution in [2.24, 2.45) is 5.92 Å². The van der Waals surface area contributed by atoms with Gasteiger partial charge in [0.2, 0.25) is 0 Å². The standard InChI is InChI=1S/C12H16O3S/c1-9(2)12(13)7-8-16(14,15)11-6-4-3-5-10(11)12/h3-6,9,13H,7-8H2,1-2H3. The van der Waals surface area contributed by atoms with Crippen molar-refractivity contribution >= 4 is 9.84 Å². The molecule has 2 rings (SSSR count). The van der Waals surface area contributed by atoms with Gasteiger partial charge in [-0.15, -0.1) is 0 Å². The quantitative estimate of drug-likeness (QED) is 0.813. The Morgan fingerprint density at radius 3 is 2.56 bits per heavy atom. The Bertz CT molecular complexity index is 505. The van der Waals surface area contributed by atoms with E-state index < -0.39 is 15.4 Å². The molecule has 88 valence electrons. The predicted octanol–water partition coefficient (Wildman–Crippen LogP) is 1.71. The summed E-state index contributed by atoms with van der Waals surface area (Å²) < 4.78 is 23.7. The van der Waals surface area contributed by atoms with Crippen LogP contribution in [0.15, 0.2) is 29.2 Å². The minimum Gasteiger partial charge on any atom is -0.385 e. The van der Waals surface area contributed by atoms with Gasteiger partial charge in [0.05, 0.1) is 16.2 Å². The van der Waals surface area contributed by atoms with Crippen molar-refractivity contribution in [3.05, 3.63) is 29.8 Å². The summed E-state index contributed by atoms with van der Waals surface area (Å²) in [5.41, 5.74) is -0.460. The molecule has 0 amide bonds. The SMILES string of the molecule is CC(C)C1(O)CCS(=O)(=O)c2ccccc21. The third-order valence-electron chi connectivity index (χ3n) is 3.40. The molecule has 1 aromatic rings.